The van der Waals surface area contributed by atoms with Crippen LogP contribution in [0.3, 0.4) is 0 Å². The van der Waals surface area contributed by atoms with Crippen molar-refractivity contribution in [2.45, 2.75) is 30.8 Å². The van der Waals surface area contributed by atoms with Crippen LogP contribution in [0.5, 0.6) is 0 Å². The van der Waals surface area contributed by atoms with Gasteiger partial charge in [-0.2, -0.15) is 0 Å². The summed E-state index contributed by atoms with van der Waals surface area (Å²) in [5, 5.41) is 2.94. The second kappa shape index (κ2) is 12.0. The van der Waals surface area contributed by atoms with Gasteiger partial charge in [-0.15, -0.1) is 0 Å². The lowest BCUT2D eigenvalue weighted by Crippen LogP contribution is -2.51. The highest BCUT2D eigenvalue weighted by atomic mass is 35.5. The van der Waals surface area contributed by atoms with E-state index in [1.807, 2.05) is 0 Å². The Hall–Kier alpha value is -3.43. The molecule has 10 heteroatoms. The first-order valence-corrected chi connectivity index (χ1v) is 13.1. The second-order valence-corrected chi connectivity index (χ2v) is 10.2. The number of likely N-dealkylation sites (N-methyl/N-ethyl adjacent to an activating group) is 1. The Labute approximate surface area is 215 Å². The van der Waals surface area contributed by atoms with Gasteiger partial charge >= 0.3 is 0 Å². The molecule has 0 saturated heterocycles. The zero-order chi connectivity index (χ0) is 26.3. The Morgan fingerprint density at radius 1 is 0.972 bits per heavy atom. The van der Waals surface area contributed by atoms with E-state index in [0.29, 0.717) is 10.6 Å². The van der Waals surface area contributed by atoms with Crippen LogP contribution in [0, 0.1) is 5.82 Å². The first kappa shape index (κ1) is 27.2. The van der Waals surface area contributed by atoms with Crippen molar-refractivity contribution in [3.05, 3.63) is 95.3 Å². The maximum atomic E-state index is 14.8. The fourth-order valence-corrected chi connectivity index (χ4v) is 5.42. The molecule has 0 aliphatic carbocycles. The molecule has 1 unspecified atom stereocenters. The van der Waals surface area contributed by atoms with Crippen molar-refractivity contribution in [1.82, 2.24) is 10.2 Å². The highest BCUT2D eigenvalue weighted by molar-refractivity contribution is 7.92. The summed E-state index contributed by atoms with van der Waals surface area (Å²) in [6.07, 6.45) is 0.265. The smallest absolute Gasteiger partial charge is 0.264 e. The number of amides is 2. The topological polar surface area (TPSA) is 86.8 Å². The van der Waals surface area contributed by atoms with Crippen LogP contribution in [0.2, 0.25) is 5.02 Å². The van der Waals surface area contributed by atoms with Crippen molar-refractivity contribution in [3.8, 4) is 0 Å². The normalized spacial score (nSPS) is 12.0. The second-order valence-electron chi connectivity index (χ2n) is 7.93. The molecule has 0 saturated carbocycles. The summed E-state index contributed by atoms with van der Waals surface area (Å²) in [6.45, 7) is 0.971. The zero-order valence-electron chi connectivity index (χ0n) is 19.9. The number of carbonyl (C=O) groups excluding carboxylic acids is 2. The molecular formula is C26H27ClFN3O4S. The number of nitrogens with one attached hydrogen (secondary N) is 1. The van der Waals surface area contributed by atoms with Crippen molar-refractivity contribution in [1.29, 1.82) is 0 Å². The third-order valence-corrected chi connectivity index (χ3v) is 7.80. The summed E-state index contributed by atoms with van der Waals surface area (Å²) >= 11 is 6.31. The molecule has 0 spiro atoms. The molecular weight excluding hydrogens is 505 g/mol. The minimum atomic E-state index is -4.33. The van der Waals surface area contributed by atoms with Gasteiger partial charge in [0.2, 0.25) is 11.8 Å². The quantitative estimate of drug-likeness (QED) is 0.424. The van der Waals surface area contributed by atoms with Gasteiger partial charge in [0.25, 0.3) is 10.0 Å². The summed E-state index contributed by atoms with van der Waals surface area (Å²) in [5.41, 5.74) is 0.304. The average molecular weight is 532 g/mol. The molecule has 0 aliphatic rings. The lowest BCUT2D eigenvalue weighted by molar-refractivity contribution is -0.140. The summed E-state index contributed by atoms with van der Waals surface area (Å²) in [6, 6.07) is 18.7. The minimum absolute atomic E-state index is 0.0407. The number of carbonyl (C=O) groups is 2. The Morgan fingerprint density at radius 2 is 1.58 bits per heavy atom. The van der Waals surface area contributed by atoms with Crippen LogP contribution in [0.25, 0.3) is 0 Å². The number of nitrogens with zero attached hydrogens (tertiary/aromatic N) is 2. The van der Waals surface area contributed by atoms with E-state index in [2.05, 4.69) is 5.32 Å². The summed E-state index contributed by atoms with van der Waals surface area (Å²) in [4.78, 5) is 27.6. The predicted molar refractivity (Wildman–Crippen MR) is 138 cm³/mol. The first-order chi connectivity index (χ1) is 17.2. The molecule has 7 nitrogen and oxygen atoms in total. The van der Waals surface area contributed by atoms with Crippen LogP contribution in [0.1, 0.15) is 18.9 Å². The SMILES string of the molecule is CCC(C(=O)NC)N(Cc1ccccc1Cl)C(=O)CN(c1ccccc1F)S(=O)(=O)c1ccccc1. The van der Waals surface area contributed by atoms with Gasteiger partial charge < -0.3 is 10.2 Å². The lowest BCUT2D eigenvalue weighted by Gasteiger charge is -2.33. The van der Waals surface area contributed by atoms with Crippen molar-refractivity contribution in [3.63, 3.8) is 0 Å². The number of halogens is 2. The van der Waals surface area contributed by atoms with Crippen molar-refractivity contribution in [2.75, 3.05) is 17.9 Å². The number of hydrogen-bond donors (Lipinski definition) is 1. The molecule has 0 aliphatic heterocycles. The Kier molecular flexibility index (Phi) is 9.06. The molecule has 0 radical (unpaired) electrons. The van der Waals surface area contributed by atoms with Gasteiger partial charge in [-0.3, -0.25) is 13.9 Å². The van der Waals surface area contributed by atoms with Gasteiger partial charge in [-0.25, -0.2) is 12.8 Å². The van der Waals surface area contributed by atoms with Gasteiger partial charge in [-0.05, 0) is 42.3 Å². The van der Waals surface area contributed by atoms with Gasteiger partial charge in [-0.1, -0.05) is 67.1 Å². The minimum Gasteiger partial charge on any atom is -0.357 e. The van der Waals surface area contributed by atoms with E-state index in [4.69, 9.17) is 11.6 Å². The Balaban J connectivity index is 2.08. The zero-order valence-corrected chi connectivity index (χ0v) is 21.5. The van der Waals surface area contributed by atoms with E-state index < -0.39 is 40.2 Å². The maximum absolute atomic E-state index is 14.8. The molecule has 0 fully saturated rings. The lowest BCUT2D eigenvalue weighted by atomic mass is 10.1. The van der Waals surface area contributed by atoms with E-state index in [9.17, 15) is 22.4 Å². The third-order valence-electron chi connectivity index (χ3n) is 5.66. The molecule has 0 heterocycles. The Bertz CT molecular complexity index is 1320. The van der Waals surface area contributed by atoms with Gasteiger partial charge in [0.1, 0.15) is 18.4 Å². The monoisotopic (exact) mass is 531 g/mol. The number of anilines is 1. The van der Waals surface area contributed by atoms with Crippen LogP contribution < -0.4 is 9.62 Å². The van der Waals surface area contributed by atoms with E-state index >= 15 is 0 Å². The number of hydrogen-bond acceptors (Lipinski definition) is 4. The number of para-hydroxylation sites is 1. The highest BCUT2D eigenvalue weighted by Gasteiger charge is 2.34. The highest BCUT2D eigenvalue weighted by Crippen LogP contribution is 2.27. The van der Waals surface area contributed by atoms with E-state index in [1.165, 1.54) is 54.4 Å². The fraction of sp³-hybridized carbons (Fsp3) is 0.231. The average Bonchev–Trinajstić information content (AvgIpc) is 2.88. The maximum Gasteiger partial charge on any atom is 0.264 e. The van der Waals surface area contributed by atoms with Gasteiger partial charge in [0.05, 0.1) is 10.6 Å². The van der Waals surface area contributed by atoms with Gasteiger partial charge in [0.15, 0.2) is 0 Å². The molecule has 2 amide bonds. The van der Waals surface area contributed by atoms with E-state index in [0.717, 1.165) is 10.4 Å². The van der Waals surface area contributed by atoms with Crippen LogP contribution in [0.15, 0.2) is 83.8 Å². The molecule has 36 heavy (non-hydrogen) atoms. The molecule has 1 N–H and O–H groups in total. The van der Waals surface area contributed by atoms with E-state index in [-0.39, 0.29) is 23.5 Å². The molecule has 0 aromatic heterocycles. The molecule has 190 valence electrons. The van der Waals surface area contributed by atoms with E-state index in [1.54, 1.807) is 37.3 Å². The first-order valence-electron chi connectivity index (χ1n) is 11.3. The third kappa shape index (κ3) is 6.03. The molecule has 0 bridgehead atoms. The molecule has 3 aromatic carbocycles. The van der Waals surface area contributed by atoms with Crippen molar-refractivity contribution < 1.29 is 22.4 Å². The molecule has 1 atom stereocenters. The van der Waals surface area contributed by atoms with Crippen LogP contribution in [-0.4, -0.2) is 44.8 Å². The number of benzene rings is 3. The summed E-state index contributed by atoms with van der Waals surface area (Å²) < 4.78 is 42.7. The predicted octanol–water partition coefficient (Wildman–Crippen LogP) is 4.23. The number of rotatable bonds is 10. The molecule has 3 aromatic rings. The summed E-state index contributed by atoms with van der Waals surface area (Å²) in [7, 11) is -2.87. The van der Waals surface area contributed by atoms with Crippen molar-refractivity contribution >= 4 is 39.1 Å². The van der Waals surface area contributed by atoms with Crippen LogP contribution in [0.4, 0.5) is 10.1 Å². The fourth-order valence-electron chi connectivity index (χ4n) is 3.78. The van der Waals surface area contributed by atoms with Crippen molar-refractivity contribution in [2.24, 2.45) is 0 Å². The number of sulfonamides is 1. The van der Waals surface area contributed by atoms with Crippen LogP contribution in [-0.2, 0) is 26.2 Å². The Morgan fingerprint density at radius 3 is 2.19 bits per heavy atom. The van der Waals surface area contributed by atoms with Gasteiger partial charge in [0, 0.05) is 18.6 Å². The largest absolute Gasteiger partial charge is 0.357 e. The molecule has 3 rings (SSSR count). The standard InChI is InChI=1S/C26H27ClFN3O4S/c1-3-23(26(33)29-2)30(17-19-11-7-8-14-21(19)27)25(32)18-31(24-16-10-9-15-22(24)28)36(34,35)20-12-5-4-6-13-20/h4-16,23H,3,17-18H2,1-2H3,(H,29,33). The summed E-state index contributed by atoms with van der Waals surface area (Å²) in [5.74, 6) is -1.91. The van der Waals surface area contributed by atoms with Crippen LogP contribution >= 0.6 is 11.6 Å².